The lowest BCUT2D eigenvalue weighted by Crippen LogP contribution is -2.79. The van der Waals surface area contributed by atoms with Gasteiger partial charge in [0.1, 0.15) is 5.70 Å². The molecule has 4 aliphatic heterocycles. The molecule has 0 amide bonds. The van der Waals surface area contributed by atoms with Gasteiger partial charge in [-0.05, 0) is 36.3 Å². The molecule has 6 rings (SSSR count). The van der Waals surface area contributed by atoms with Gasteiger partial charge in [0.05, 0.1) is 17.6 Å². The van der Waals surface area contributed by atoms with Gasteiger partial charge in [-0.1, -0.05) is 6.92 Å². The second-order valence-electron chi connectivity index (χ2n) is 8.86. The Labute approximate surface area is 155 Å². The number of fused-ring (bicyclic) bond motifs is 2. The van der Waals surface area contributed by atoms with Crippen LogP contribution in [0, 0.1) is 33.3 Å². The Balaban J connectivity index is 1.56. The minimum atomic E-state index is -1.01. The van der Waals surface area contributed by atoms with Gasteiger partial charge in [-0.15, -0.1) is 0 Å². The Hall–Kier alpha value is -2.06. The summed E-state index contributed by atoms with van der Waals surface area (Å²) < 4.78 is 6.20. The Bertz CT molecular complexity index is 879. The van der Waals surface area contributed by atoms with Crippen LogP contribution in [0.2, 0.25) is 0 Å². The van der Waals surface area contributed by atoms with E-state index in [1.165, 1.54) is 6.08 Å². The molecule has 8 nitrogen and oxygen atoms in total. The van der Waals surface area contributed by atoms with Crippen molar-refractivity contribution < 1.29 is 19.2 Å². The average Bonchev–Trinajstić information content (AvgIpc) is 2.96. The fourth-order valence-electron chi connectivity index (χ4n) is 7.11. The summed E-state index contributed by atoms with van der Waals surface area (Å²) in [6.07, 6.45) is 3.44. The topological polar surface area (TPSA) is 102 Å². The third kappa shape index (κ3) is 1.64. The van der Waals surface area contributed by atoms with Crippen LogP contribution in [0.3, 0.4) is 0 Å². The van der Waals surface area contributed by atoms with E-state index < -0.39 is 22.2 Å². The number of carbonyl (C=O) groups is 2. The molecule has 6 aliphatic rings. The summed E-state index contributed by atoms with van der Waals surface area (Å²) in [5, 5.41) is 15.0. The normalized spacial score (nSPS) is 46.9. The molecule has 0 aromatic rings. The number of ketones is 2. The van der Waals surface area contributed by atoms with Crippen molar-refractivity contribution in [3.63, 3.8) is 0 Å². The standard InChI is InChI=1S/C19H21N3O5/c1-2-12-14-9-3-13-19(7-21(13)5-8(9)6-27-12)10-4-11(23)17(24)16(22(25)26)15(10)20-18(14)19/h4,8-9,12-14,18,20H,2-3,5-7H2,1H3/t8?,9-,12+,13-,14-,18-,19+/m0/s1. The number of allylic oxidation sites excluding steroid dienone is 3. The first-order chi connectivity index (χ1) is 13.0. The Morgan fingerprint density at radius 2 is 2.26 bits per heavy atom. The number of piperidine rings is 1. The summed E-state index contributed by atoms with van der Waals surface area (Å²) >= 11 is 0. The van der Waals surface area contributed by atoms with Crippen molar-refractivity contribution in [2.75, 3.05) is 19.7 Å². The molecule has 1 spiro atoms. The van der Waals surface area contributed by atoms with Crippen LogP contribution >= 0.6 is 0 Å². The van der Waals surface area contributed by atoms with Crippen LogP contribution in [0.25, 0.3) is 0 Å². The van der Waals surface area contributed by atoms with Crippen LogP contribution in [-0.4, -0.2) is 59.3 Å². The molecule has 4 heterocycles. The lowest BCUT2D eigenvalue weighted by Gasteiger charge is -2.70. The molecule has 7 atom stereocenters. The minimum absolute atomic E-state index is 0.0135. The van der Waals surface area contributed by atoms with E-state index >= 15 is 0 Å². The zero-order valence-corrected chi connectivity index (χ0v) is 15.0. The molecule has 5 fully saturated rings. The number of Topliss-reactive ketones (excluding diaryl/α,β-unsaturated/α-hetero) is 1. The van der Waals surface area contributed by atoms with E-state index in [0.717, 1.165) is 32.5 Å². The van der Waals surface area contributed by atoms with Gasteiger partial charge in [0, 0.05) is 36.5 Å². The fourth-order valence-corrected chi connectivity index (χ4v) is 7.11. The van der Waals surface area contributed by atoms with Crippen molar-refractivity contribution in [3.05, 3.63) is 33.2 Å². The lowest BCUT2D eigenvalue weighted by atomic mass is 9.47. The molecule has 1 saturated carbocycles. The zero-order valence-electron chi connectivity index (χ0n) is 15.0. The SMILES string of the molecule is CC[C@H]1OCC2CN3C[C@]45C6=CC(=O)C(=O)C([N+](=O)[O-])=C6N[C@H]4[C@H]1[C@H]2C[C@H]35. The average molecular weight is 371 g/mol. The van der Waals surface area contributed by atoms with E-state index in [1.54, 1.807) is 0 Å². The highest BCUT2D eigenvalue weighted by Gasteiger charge is 2.73. The van der Waals surface area contributed by atoms with Gasteiger partial charge in [-0.25, -0.2) is 0 Å². The van der Waals surface area contributed by atoms with E-state index in [-0.39, 0.29) is 23.5 Å². The van der Waals surface area contributed by atoms with Crippen molar-refractivity contribution in [1.29, 1.82) is 0 Å². The number of nitro groups is 1. The number of rotatable bonds is 2. The summed E-state index contributed by atoms with van der Waals surface area (Å²) in [5.74, 6) is -0.492. The molecule has 0 aromatic carbocycles. The first-order valence-corrected chi connectivity index (χ1v) is 9.79. The van der Waals surface area contributed by atoms with E-state index in [0.29, 0.717) is 29.1 Å². The first-order valence-electron chi connectivity index (χ1n) is 9.79. The second-order valence-corrected chi connectivity index (χ2v) is 8.86. The molecule has 0 aromatic heterocycles. The monoisotopic (exact) mass is 371 g/mol. The maximum absolute atomic E-state index is 12.3. The predicted octanol–water partition coefficient (Wildman–Crippen LogP) is 0.270. The molecule has 2 bridgehead atoms. The van der Waals surface area contributed by atoms with Crippen molar-refractivity contribution in [2.24, 2.45) is 23.2 Å². The molecule has 142 valence electrons. The number of carbonyl (C=O) groups excluding carboxylic acids is 2. The maximum atomic E-state index is 12.3. The van der Waals surface area contributed by atoms with Crippen LogP contribution in [0.1, 0.15) is 19.8 Å². The molecule has 4 saturated heterocycles. The molecular formula is C19H21N3O5. The molecular weight excluding hydrogens is 350 g/mol. The van der Waals surface area contributed by atoms with Gasteiger partial charge >= 0.3 is 11.5 Å². The third-order valence-electron chi connectivity index (χ3n) is 8.06. The molecule has 1 unspecified atom stereocenters. The fraction of sp³-hybridized carbons (Fsp3) is 0.684. The van der Waals surface area contributed by atoms with Crippen LogP contribution in [-0.2, 0) is 14.3 Å². The second kappa shape index (κ2) is 4.86. The largest absolute Gasteiger partial charge is 0.378 e. The summed E-state index contributed by atoms with van der Waals surface area (Å²) in [6, 6.07) is 0.279. The Morgan fingerprint density at radius 3 is 3.00 bits per heavy atom. The Kier molecular flexibility index (Phi) is 2.87. The van der Waals surface area contributed by atoms with Gasteiger partial charge < -0.3 is 10.1 Å². The maximum Gasteiger partial charge on any atom is 0.343 e. The van der Waals surface area contributed by atoms with Crippen molar-refractivity contribution >= 4 is 11.6 Å². The van der Waals surface area contributed by atoms with Gasteiger partial charge in [0.25, 0.3) is 0 Å². The highest BCUT2D eigenvalue weighted by Crippen LogP contribution is 2.66. The molecule has 0 radical (unpaired) electrons. The number of nitrogens with one attached hydrogen (secondary N) is 1. The predicted molar refractivity (Wildman–Crippen MR) is 92.0 cm³/mol. The number of ether oxygens (including phenoxy) is 1. The lowest BCUT2D eigenvalue weighted by molar-refractivity contribution is -0.419. The van der Waals surface area contributed by atoms with Gasteiger partial charge in [0.2, 0.25) is 5.78 Å². The number of nitrogens with zero attached hydrogens (tertiary/aromatic N) is 2. The van der Waals surface area contributed by atoms with Gasteiger partial charge in [0.15, 0.2) is 0 Å². The molecule has 27 heavy (non-hydrogen) atoms. The van der Waals surface area contributed by atoms with Gasteiger partial charge in [-0.2, -0.15) is 0 Å². The van der Waals surface area contributed by atoms with Crippen molar-refractivity contribution in [2.45, 2.75) is 38.0 Å². The van der Waals surface area contributed by atoms with E-state index in [9.17, 15) is 19.7 Å². The minimum Gasteiger partial charge on any atom is -0.378 e. The molecule has 1 N–H and O–H groups in total. The Morgan fingerprint density at radius 1 is 1.44 bits per heavy atom. The molecule has 8 heteroatoms. The zero-order chi connectivity index (χ0) is 18.7. The van der Waals surface area contributed by atoms with E-state index in [4.69, 9.17) is 4.74 Å². The van der Waals surface area contributed by atoms with Crippen LogP contribution in [0.5, 0.6) is 0 Å². The molecule has 2 aliphatic carbocycles. The third-order valence-corrected chi connectivity index (χ3v) is 8.06. The van der Waals surface area contributed by atoms with Crippen LogP contribution in [0.4, 0.5) is 0 Å². The first kappa shape index (κ1) is 15.9. The van der Waals surface area contributed by atoms with Crippen LogP contribution in [0.15, 0.2) is 23.0 Å². The van der Waals surface area contributed by atoms with Crippen LogP contribution < -0.4 is 5.32 Å². The number of hydrogen-bond acceptors (Lipinski definition) is 7. The van der Waals surface area contributed by atoms with Gasteiger partial charge in [-0.3, -0.25) is 24.6 Å². The van der Waals surface area contributed by atoms with E-state index in [2.05, 4.69) is 17.1 Å². The van der Waals surface area contributed by atoms with Crippen molar-refractivity contribution in [1.82, 2.24) is 10.2 Å². The summed E-state index contributed by atoms with van der Waals surface area (Å²) in [4.78, 5) is 37.9. The summed E-state index contributed by atoms with van der Waals surface area (Å²) in [5.41, 5.74) is 0.101. The summed E-state index contributed by atoms with van der Waals surface area (Å²) in [7, 11) is 0. The quantitative estimate of drug-likeness (QED) is 0.322. The number of hydrogen-bond donors (Lipinski definition) is 1. The van der Waals surface area contributed by atoms with E-state index in [1.807, 2.05) is 0 Å². The summed E-state index contributed by atoms with van der Waals surface area (Å²) in [6.45, 7) is 4.70. The van der Waals surface area contributed by atoms with Crippen molar-refractivity contribution in [3.8, 4) is 0 Å². The highest BCUT2D eigenvalue weighted by molar-refractivity contribution is 6.48. The smallest absolute Gasteiger partial charge is 0.343 e. The highest BCUT2D eigenvalue weighted by atomic mass is 16.6.